The van der Waals surface area contributed by atoms with Crippen LogP contribution in [0.3, 0.4) is 0 Å². The monoisotopic (exact) mass is 371 g/mol. The van der Waals surface area contributed by atoms with Gasteiger partial charge in [0.15, 0.2) is 4.77 Å². The van der Waals surface area contributed by atoms with Crippen molar-refractivity contribution < 1.29 is 14.3 Å². The predicted octanol–water partition coefficient (Wildman–Crippen LogP) is 2.94. The zero-order valence-electron chi connectivity index (χ0n) is 14.5. The normalized spacial score (nSPS) is 10.7. The lowest BCUT2D eigenvalue weighted by molar-refractivity contribution is 0.0603. The fraction of sp³-hybridized carbons (Fsp3) is 0.222. The molecule has 0 bridgehead atoms. The summed E-state index contributed by atoms with van der Waals surface area (Å²) in [5.41, 5.74) is 1.25. The van der Waals surface area contributed by atoms with E-state index < -0.39 is 11.5 Å². The van der Waals surface area contributed by atoms with E-state index >= 15 is 0 Å². The lowest BCUT2D eigenvalue weighted by atomic mass is 10.1. The number of pyridine rings is 1. The molecule has 0 radical (unpaired) electrons. The molecule has 3 aromatic rings. The van der Waals surface area contributed by atoms with E-state index in [1.807, 2.05) is 25.1 Å². The van der Waals surface area contributed by atoms with Gasteiger partial charge in [0.1, 0.15) is 11.4 Å². The first-order chi connectivity index (χ1) is 12.5. The van der Waals surface area contributed by atoms with E-state index in [-0.39, 0.29) is 15.7 Å². The molecule has 1 aromatic carbocycles. The van der Waals surface area contributed by atoms with Crippen LogP contribution in [0.15, 0.2) is 35.1 Å². The molecule has 0 amide bonds. The molecule has 0 aliphatic carbocycles. The first-order valence-electron chi connectivity index (χ1n) is 7.90. The molecule has 1 N–H and O–H groups in total. The number of esters is 1. The zero-order chi connectivity index (χ0) is 18.8. The van der Waals surface area contributed by atoms with Gasteiger partial charge in [-0.3, -0.25) is 9.78 Å². The van der Waals surface area contributed by atoms with Crippen LogP contribution in [-0.4, -0.2) is 34.7 Å². The number of hydrogen-bond acceptors (Lipinski definition) is 6. The second kappa shape index (κ2) is 7.09. The lowest BCUT2D eigenvalue weighted by Gasteiger charge is -2.13. The van der Waals surface area contributed by atoms with E-state index in [0.717, 1.165) is 5.56 Å². The largest absolute Gasteiger partial charge is 0.497 e. The molecule has 134 valence electrons. The molecule has 0 unspecified atom stereocenters. The highest BCUT2D eigenvalue weighted by atomic mass is 32.1. The third kappa shape index (κ3) is 2.99. The summed E-state index contributed by atoms with van der Waals surface area (Å²) in [6, 6.07) is 8.82. The van der Waals surface area contributed by atoms with Gasteiger partial charge in [-0.2, -0.15) is 0 Å². The maximum atomic E-state index is 12.5. The van der Waals surface area contributed by atoms with Crippen LogP contribution in [0.4, 0.5) is 0 Å². The van der Waals surface area contributed by atoms with E-state index in [1.165, 1.54) is 7.11 Å². The van der Waals surface area contributed by atoms with Crippen LogP contribution >= 0.6 is 12.2 Å². The average molecular weight is 371 g/mol. The van der Waals surface area contributed by atoms with Gasteiger partial charge in [-0.1, -0.05) is 12.1 Å². The fourth-order valence-corrected chi connectivity index (χ4v) is 3.08. The predicted molar refractivity (Wildman–Crippen MR) is 100 cm³/mol. The summed E-state index contributed by atoms with van der Waals surface area (Å²) in [5, 5.41) is 0.152. The van der Waals surface area contributed by atoms with Gasteiger partial charge >= 0.3 is 5.97 Å². The number of aryl methyl sites for hydroxylation is 1. The SMILES string of the molecule is CCn1c(=S)[nH]c(=O)c2c(C(=O)OC)cc(-c3cccc(OC)c3)nc21. The summed E-state index contributed by atoms with van der Waals surface area (Å²) in [7, 11) is 2.84. The van der Waals surface area contributed by atoms with Gasteiger partial charge in [-0.15, -0.1) is 0 Å². The van der Waals surface area contributed by atoms with E-state index in [1.54, 1.807) is 23.8 Å². The Kier molecular flexibility index (Phi) is 4.85. The maximum absolute atomic E-state index is 12.5. The Hall–Kier alpha value is -3.00. The minimum absolute atomic E-state index is 0.133. The zero-order valence-corrected chi connectivity index (χ0v) is 15.3. The average Bonchev–Trinajstić information content (AvgIpc) is 2.66. The van der Waals surface area contributed by atoms with Gasteiger partial charge in [0.05, 0.1) is 30.9 Å². The van der Waals surface area contributed by atoms with Gasteiger partial charge < -0.3 is 14.0 Å². The Morgan fingerprint density at radius 1 is 1.31 bits per heavy atom. The molecule has 8 heteroatoms. The number of carbonyl (C=O) groups is 1. The standard InChI is InChI=1S/C18H17N3O4S/c1-4-21-15-14(16(22)20-18(21)26)12(17(23)25-3)9-13(19-15)10-6-5-7-11(8-10)24-2/h5-9H,4H2,1-3H3,(H,20,22,26). The Morgan fingerprint density at radius 2 is 2.08 bits per heavy atom. The second-order valence-corrected chi connectivity index (χ2v) is 5.87. The quantitative estimate of drug-likeness (QED) is 0.561. The summed E-state index contributed by atoms with van der Waals surface area (Å²) in [4.78, 5) is 31.9. The van der Waals surface area contributed by atoms with Gasteiger partial charge in [0.2, 0.25) is 0 Å². The van der Waals surface area contributed by atoms with Crippen molar-refractivity contribution in [2.45, 2.75) is 13.5 Å². The van der Waals surface area contributed by atoms with Crippen molar-refractivity contribution in [1.82, 2.24) is 14.5 Å². The van der Waals surface area contributed by atoms with E-state index in [2.05, 4.69) is 9.97 Å². The van der Waals surface area contributed by atoms with E-state index in [4.69, 9.17) is 21.7 Å². The Labute approximate surface area is 154 Å². The smallest absolute Gasteiger partial charge is 0.338 e. The van der Waals surface area contributed by atoms with Crippen molar-refractivity contribution in [1.29, 1.82) is 0 Å². The summed E-state index contributed by atoms with van der Waals surface area (Å²) in [6.45, 7) is 2.37. The minimum atomic E-state index is -0.619. The van der Waals surface area contributed by atoms with Crippen molar-refractivity contribution >= 4 is 29.2 Å². The number of nitrogens with one attached hydrogen (secondary N) is 1. The van der Waals surface area contributed by atoms with Crippen molar-refractivity contribution in [3.05, 3.63) is 51.0 Å². The molecule has 2 heterocycles. The number of benzene rings is 1. The summed E-state index contributed by atoms with van der Waals surface area (Å²) < 4.78 is 12.0. The number of aromatic nitrogens is 3. The number of ether oxygens (including phenoxy) is 2. The molecule has 0 saturated carbocycles. The van der Waals surface area contributed by atoms with Crippen LogP contribution in [0.5, 0.6) is 5.75 Å². The number of H-pyrrole nitrogens is 1. The molecular weight excluding hydrogens is 354 g/mol. The fourth-order valence-electron chi connectivity index (χ4n) is 2.77. The molecule has 0 aliphatic rings. The molecule has 0 fully saturated rings. The third-order valence-corrected chi connectivity index (χ3v) is 4.36. The second-order valence-electron chi connectivity index (χ2n) is 5.48. The lowest BCUT2D eigenvalue weighted by Crippen LogP contribution is -2.19. The van der Waals surface area contributed by atoms with E-state index in [9.17, 15) is 9.59 Å². The summed E-state index contributed by atoms with van der Waals surface area (Å²) >= 11 is 5.23. The number of fused-ring (bicyclic) bond motifs is 1. The van der Waals surface area contributed by atoms with Crippen LogP contribution < -0.4 is 10.3 Å². The Balaban J connectivity index is 2.44. The number of rotatable bonds is 4. The van der Waals surface area contributed by atoms with Gasteiger partial charge in [0, 0.05) is 12.1 Å². The molecule has 0 aliphatic heterocycles. The minimum Gasteiger partial charge on any atom is -0.497 e. The molecule has 0 spiro atoms. The van der Waals surface area contributed by atoms with Crippen molar-refractivity contribution in [3.63, 3.8) is 0 Å². The maximum Gasteiger partial charge on any atom is 0.338 e. The highest BCUT2D eigenvalue weighted by Crippen LogP contribution is 2.26. The Bertz CT molecular complexity index is 1120. The first-order valence-corrected chi connectivity index (χ1v) is 8.31. The number of methoxy groups -OCH3 is 2. The highest BCUT2D eigenvalue weighted by Gasteiger charge is 2.19. The Morgan fingerprint density at radius 3 is 2.73 bits per heavy atom. The topological polar surface area (TPSA) is 86.2 Å². The van der Waals surface area contributed by atoms with Crippen molar-refractivity contribution in [2.75, 3.05) is 14.2 Å². The van der Waals surface area contributed by atoms with Crippen LogP contribution in [0.25, 0.3) is 22.3 Å². The van der Waals surface area contributed by atoms with Crippen molar-refractivity contribution in [3.8, 4) is 17.0 Å². The van der Waals surface area contributed by atoms with Gasteiger partial charge in [-0.25, -0.2) is 9.78 Å². The van der Waals surface area contributed by atoms with Crippen LogP contribution in [0.1, 0.15) is 17.3 Å². The molecular formula is C18H17N3O4S. The third-order valence-electron chi connectivity index (χ3n) is 4.04. The van der Waals surface area contributed by atoms with Crippen molar-refractivity contribution in [2.24, 2.45) is 0 Å². The number of carbonyl (C=O) groups excluding carboxylic acids is 1. The summed E-state index contributed by atoms with van der Waals surface area (Å²) in [5.74, 6) is 0.0362. The number of nitrogens with zero attached hydrogens (tertiary/aromatic N) is 2. The number of hydrogen-bond donors (Lipinski definition) is 1. The van der Waals surface area contributed by atoms with Gasteiger partial charge in [-0.05, 0) is 37.3 Å². The molecule has 0 atom stereocenters. The first kappa shape index (κ1) is 17.8. The van der Waals surface area contributed by atoms with E-state index in [0.29, 0.717) is 23.6 Å². The number of aromatic amines is 1. The molecule has 26 heavy (non-hydrogen) atoms. The van der Waals surface area contributed by atoms with Crippen LogP contribution in [-0.2, 0) is 11.3 Å². The van der Waals surface area contributed by atoms with Crippen LogP contribution in [0.2, 0.25) is 0 Å². The molecule has 0 saturated heterocycles. The van der Waals surface area contributed by atoms with Crippen LogP contribution in [0, 0.1) is 4.77 Å². The molecule has 7 nitrogen and oxygen atoms in total. The summed E-state index contributed by atoms with van der Waals surface area (Å²) in [6.07, 6.45) is 0. The van der Waals surface area contributed by atoms with Gasteiger partial charge in [0.25, 0.3) is 5.56 Å². The highest BCUT2D eigenvalue weighted by molar-refractivity contribution is 7.71. The molecule has 3 rings (SSSR count). The molecule has 2 aromatic heterocycles.